The molecule has 2 fully saturated rings. The van der Waals surface area contributed by atoms with Crippen molar-refractivity contribution in [2.45, 2.75) is 24.9 Å². The van der Waals surface area contributed by atoms with Gasteiger partial charge in [0.05, 0.1) is 56.5 Å². The van der Waals surface area contributed by atoms with Crippen LogP contribution in [0, 0.1) is 5.92 Å². The SMILES string of the molecule is COC(=O)c1cc(OCC2COC2)c2nc(CCl)n(C[C@@H]3CCO3)c2c1. The van der Waals surface area contributed by atoms with Gasteiger partial charge in [0, 0.05) is 12.5 Å². The van der Waals surface area contributed by atoms with Crippen molar-refractivity contribution in [3.63, 3.8) is 0 Å². The van der Waals surface area contributed by atoms with Gasteiger partial charge in [-0.2, -0.15) is 0 Å². The van der Waals surface area contributed by atoms with Crippen molar-refractivity contribution < 1.29 is 23.7 Å². The van der Waals surface area contributed by atoms with Crippen molar-refractivity contribution in [2.75, 3.05) is 33.5 Å². The molecule has 26 heavy (non-hydrogen) atoms. The van der Waals surface area contributed by atoms with E-state index in [-0.39, 0.29) is 12.0 Å². The summed E-state index contributed by atoms with van der Waals surface area (Å²) in [6.45, 7) is 3.34. The zero-order chi connectivity index (χ0) is 18.1. The molecular weight excluding hydrogens is 360 g/mol. The van der Waals surface area contributed by atoms with Gasteiger partial charge < -0.3 is 23.5 Å². The summed E-state index contributed by atoms with van der Waals surface area (Å²) in [6.07, 6.45) is 1.15. The van der Waals surface area contributed by atoms with Gasteiger partial charge in [0.15, 0.2) is 0 Å². The van der Waals surface area contributed by atoms with Crippen LogP contribution in [0.25, 0.3) is 11.0 Å². The van der Waals surface area contributed by atoms with Gasteiger partial charge in [-0.25, -0.2) is 9.78 Å². The summed E-state index contributed by atoms with van der Waals surface area (Å²) < 4.78 is 23.6. The molecule has 0 saturated carbocycles. The van der Waals surface area contributed by atoms with Crippen LogP contribution in [0.5, 0.6) is 5.75 Å². The number of hydrogen-bond acceptors (Lipinski definition) is 6. The van der Waals surface area contributed by atoms with Crippen LogP contribution in [0.2, 0.25) is 0 Å². The molecule has 2 saturated heterocycles. The summed E-state index contributed by atoms with van der Waals surface area (Å²) in [5.74, 6) is 1.52. The Morgan fingerprint density at radius 3 is 2.81 bits per heavy atom. The first-order chi connectivity index (χ1) is 12.7. The fourth-order valence-corrected chi connectivity index (χ4v) is 3.32. The minimum absolute atomic E-state index is 0.146. The molecule has 0 spiro atoms. The van der Waals surface area contributed by atoms with Gasteiger partial charge in [0.1, 0.15) is 17.1 Å². The molecule has 8 heteroatoms. The summed E-state index contributed by atoms with van der Waals surface area (Å²) >= 11 is 6.12. The first-order valence-electron chi connectivity index (χ1n) is 8.69. The molecule has 2 aliphatic rings. The lowest BCUT2D eigenvalue weighted by Crippen LogP contribution is -2.32. The van der Waals surface area contributed by atoms with Crippen LogP contribution in [-0.2, 0) is 26.6 Å². The zero-order valence-electron chi connectivity index (χ0n) is 14.6. The van der Waals surface area contributed by atoms with Crippen molar-refractivity contribution in [3.8, 4) is 5.75 Å². The predicted molar refractivity (Wildman–Crippen MR) is 94.8 cm³/mol. The van der Waals surface area contributed by atoms with Gasteiger partial charge in [-0.3, -0.25) is 0 Å². The third kappa shape index (κ3) is 3.26. The van der Waals surface area contributed by atoms with Crippen molar-refractivity contribution in [3.05, 3.63) is 23.5 Å². The number of ether oxygens (including phenoxy) is 4. The lowest BCUT2D eigenvalue weighted by molar-refractivity contribution is -0.0589. The second kappa shape index (κ2) is 7.42. The number of alkyl halides is 1. The van der Waals surface area contributed by atoms with Crippen molar-refractivity contribution >= 4 is 28.6 Å². The lowest BCUT2D eigenvalue weighted by atomic mass is 10.1. The molecule has 1 aromatic heterocycles. The molecule has 140 valence electrons. The number of fused-ring (bicyclic) bond motifs is 1. The molecule has 1 atom stereocenters. The number of imidazole rings is 1. The van der Waals surface area contributed by atoms with Crippen molar-refractivity contribution in [1.29, 1.82) is 0 Å². The number of carbonyl (C=O) groups excluding carboxylic acids is 1. The lowest BCUT2D eigenvalue weighted by Gasteiger charge is -2.27. The van der Waals surface area contributed by atoms with Gasteiger partial charge in [-0.15, -0.1) is 11.6 Å². The van der Waals surface area contributed by atoms with Crippen LogP contribution in [0.3, 0.4) is 0 Å². The minimum Gasteiger partial charge on any atom is -0.491 e. The van der Waals surface area contributed by atoms with Gasteiger partial charge in [-0.05, 0) is 18.6 Å². The maximum absolute atomic E-state index is 12.1. The summed E-state index contributed by atoms with van der Waals surface area (Å²) in [6, 6.07) is 3.46. The smallest absolute Gasteiger partial charge is 0.338 e. The topological polar surface area (TPSA) is 71.8 Å². The predicted octanol–water partition coefficient (Wildman–Crippen LogP) is 2.38. The number of carbonyl (C=O) groups is 1. The highest BCUT2D eigenvalue weighted by Gasteiger charge is 2.25. The third-order valence-electron chi connectivity index (χ3n) is 4.80. The van der Waals surface area contributed by atoms with Crippen LogP contribution in [-0.4, -0.2) is 55.2 Å². The number of nitrogens with zero attached hydrogens (tertiary/aromatic N) is 2. The van der Waals surface area contributed by atoms with E-state index in [4.69, 9.17) is 30.5 Å². The van der Waals surface area contributed by atoms with E-state index < -0.39 is 5.97 Å². The Morgan fingerprint density at radius 2 is 2.23 bits per heavy atom. The molecule has 0 N–H and O–H groups in total. The van der Waals surface area contributed by atoms with E-state index >= 15 is 0 Å². The van der Waals surface area contributed by atoms with Crippen molar-refractivity contribution in [1.82, 2.24) is 9.55 Å². The van der Waals surface area contributed by atoms with Crippen LogP contribution < -0.4 is 4.74 Å². The number of rotatable bonds is 7. The fourth-order valence-electron chi connectivity index (χ4n) is 3.11. The Bertz CT molecular complexity index is 814. The summed E-state index contributed by atoms with van der Waals surface area (Å²) in [5, 5.41) is 0. The Hall–Kier alpha value is -1.83. The molecule has 2 aliphatic heterocycles. The standard InChI is InChI=1S/C18H21ClN2O5/c1-23-18(22)12-4-14-17(15(5-12)26-10-11-8-24-9-11)20-16(6-19)21(14)7-13-2-3-25-13/h4-5,11,13H,2-3,6-10H2,1H3/t13-/m0/s1. The average Bonchev–Trinajstić information content (AvgIpc) is 2.93. The van der Waals surface area contributed by atoms with Crippen LogP contribution >= 0.6 is 11.6 Å². The molecule has 7 nitrogen and oxygen atoms in total. The number of halogens is 1. The number of methoxy groups -OCH3 is 1. The van der Waals surface area contributed by atoms with Crippen LogP contribution in [0.1, 0.15) is 22.6 Å². The molecule has 2 aromatic rings. The molecule has 0 unspecified atom stereocenters. The average molecular weight is 381 g/mol. The Labute approximate surface area is 156 Å². The zero-order valence-corrected chi connectivity index (χ0v) is 15.3. The molecule has 0 bridgehead atoms. The monoisotopic (exact) mass is 380 g/mol. The first kappa shape index (κ1) is 17.6. The molecule has 4 rings (SSSR count). The molecule has 0 aliphatic carbocycles. The first-order valence-corrected chi connectivity index (χ1v) is 9.22. The maximum Gasteiger partial charge on any atom is 0.338 e. The van der Waals surface area contributed by atoms with E-state index in [0.29, 0.717) is 49.1 Å². The Morgan fingerprint density at radius 1 is 1.42 bits per heavy atom. The second-order valence-corrected chi connectivity index (χ2v) is 6.87. The molecule has 1 aromatic carbocycles. The van der Waals surface area contributed by atoms with Gasteiger partial charge in [-0.1, -0.05) is 0 Å². The Kier molecular flexibility index (Phi) is 5.02. The number of hydrogen-bond donors (Lipinski definition) is 0. The normalized spacial score (nSPS) is 19.8. The van der Waals surface area contributed by atoms with Gasteiger partial charge in [0.2, 0.25) is 0 Å². The largest absolute Gasteiger partial charge is 0.491 e. The van der Waals surface area contributed by atoms with Crippen LogP contribution in [0.15, 0.2) is 12.1 Å². The van der Waals surface area contributed by atoms with E-state index in [9.17, 15) is 4.79 Å². The maximum atomic E-state index is 12.1. The number of aromatic nitrogens is 2. The summed E-state index contributed by atoms with van der Waals surface area (Å²) in [5.41, 5.74) is 1.93. The number of benzene rings is 1. The van der Waals surface area contributed by atoms with Gasteiger partial charge in [0.25, 0.3) is 0 Å². The Balaban J connectivity index is 1.75. The fraction of sp³-hybridized carbons (Fsp3) is 0.556. The van der Waals surface area contributed by atoms with Crippen molar-refractivity contribution in [2.24, 2.45) is 5.92 Å². The second-order valence-electron chi connectivity index (χ2n) is 6.60. The van der Waals surface area contributed by atoms with E-state index in [0.717, 1.165) is 24.4 Å². The van der Waals surface area contributed by atoms with E-state index in [2.05, 4.69) is 4.98 Å². The van der Waals surface area contributed by atoms with Crippen LogP contribution in [0.4, 0.5) is 0 Å². The summed E-state index contributed by atoms with van der Waals surface area (Å²) in [7, 11) is 1.36. The van der Waals surface area contributed by atoms with E-state index in [1.165, 1.54) is 7.11 Å². The van der Waals surface area contributed by atoms with Gasteiger partial charge >= 0.3 is 5.97 Å². The third-order valence-corrected chi connectivity index (χ3v) is 5.04. The van der Waals surface area contributed by atoms with E-state index in [1.54, 1.807) is 12.1 Å². The highest BCUT2D eigenvalue weighted by Crippen LogP contribution is 2.31. The number of esters is 1. The molecule has 0 radical (unpaired) electrons. The summed E-state index contributed by atoms with van der Waals surface area (Å²) in [4.78, 5) is 16.8. The van der Waals surface area contributed by atoms with E-state index in [1.807, 2.05) is 4.57 Å². The highest BCUT2D eigenvalue weighted by molar-refractivity contribution is 6.17. The quantitative estimate of drug-likeness (QED) is 0.542. The highest BCUT2D eigenvalue weighted by atomic mass is 35.5. The molecule has 3 heterocycles. The minimum atomic E-state index is -0.413. The molecular formula is C18H21ClN2O5. The molecule has 0 amide bonds.